The summed E-state index contributed by atoms with van der Waals surface area (Å²) < 4.78 is 0. The molecule has 0 amide bonds. The number of hydrogen-bond donors (Lipinski definition) is 0. The third-order valence-corrected chi connectivity index (χ3v) is 11.6. The molecule has 4 aliphatic carbocycles. The van der Waals surface area contributed by atoms with Crippen molar-refractivity contribution >= 4 is 11.4 Å². The molecule has 8 fully saturated rings. The first-order valence-electron chi connectivity index (χ1n) is 15.6. The smallest absolute Gasteiger partial charge is 0.0377 e. The average molecular weight is 501 g/mol. The fourth-order valence-electron chi connectivity index (χ4n) is 10.5. The van der Waals surface area contributed by atoms with Gasteiger partial charge in [-0.2, -0.15) is 0 Å². The first kappa shape index (κ1) is 22.1. The van der Waals surface area contributed by atoms with Gasteiger partial charge in [0.05, 0.1) is 0 Å². The zero-order valence-corrected chi connectivity index (χ0v) is 22.5. The second-order valence-corrected chi connectivity index (χ2v) is 13.9. The van der Waals surface area contributed by atoms with Crippen molar-refractivity contribution in [2.45, 2.75) is 88.4 Å². The Morgan fingerprint density at radius 2 is 0.684 bits per heavy atom. The first-order chi connectivity index (χ1) is 18.7. The van der Waals surface area contributed by atoms with Gasteiger partial charge in [-0.25, -0.2) is 0 Å². The van der Waals surface area contributed by atoms with Crippen molar-refractivity contribution in [3.05, 3.63) is 72.8 Å². The van der Waals surface area contributed by atoms with Crippen molar-refractivity contribution in [1.29, 1.82) is 0 Å². The lowest BCUT2D eigenvalue weighted by molar-refractivity contribution is 0.0899. The third-order valence-electron chi connectivity index (χ3n) is 11.6. The van der Waals surface area contributed by atoms with Gasteiger partial charge in [0.2, 0.25) is 0 Å². The fourth-order valence-corrected chi connectivity index (χ4v) is 10.5. The van der Waals surface area contributed by atoms with E-state index in [1.807, 2.05) is 0 Å². The zero-order chi connectivity index (χ0) is 24.8. The largest absolute Gasteiger partial charge is 0.366 e. The van der Waals surface area contributed by atoms with Gasteiger partial charge in [0, 0.05) is 35.5 Å². The van der Waals surface area contributed by atoms with Crippen molar-refractivity contribution in [2.24, 2.45) is 23.7 Å². The van der Waals surface area contributed by atoms with Crippen molar-refractivity contribution < 1.29 is 0 Å². The van der Waals surface area contributed by atoms with Gasteiger partial charge in [0.25, 0.3) is 0 Å². The molecule has 4 heterocycles. The summed E-state index contributed by atoms with van der Waals surface area (Å²) in [6.07, 6.45) is 14.4. The molecule has 2 heteroatoms. The normalized spacial score (nSPS) is 36.3. The molecule has 8 bridgehead atoms. The van der Waals surface area contributed by atoms with Gasteiger partial charge in [-0.15, -0.1) is 0 Å². The lowest BCUT2D eigenvalue weighted by atomic mass is 9.63. The van der Waals surface area contributed by atoms with Gasteiger partial charge < -0.3 is 9.80 Å². The molecule has 0 aromatic heterocycles. The van der Waals surface area contributed by atoms with Crippen molar-refractivity contribution in [2.75, 3.05) is 9.80 Å². The number of piperidine rings is 4. The Kier molecular flexibility index (Phi) is 4.88. The van der Waals surface area contributed by atoms with Crippen LogP contribution in [0.3, 0.4) is 0 Å². The molecule has 3 aromatic rings. The van der Waals surface area contributed by atoms with E-state index in [1.54, 1.807) is 0 Å². The minimum atomic E-state index is 0.774. The Bertz CT molecular complexity index is 1220. The molecule has 0 unspecified atom stereocenters. The van der Waals surface area contributed by atoms with E-state index in [-0.39, 0.29) is 0 Å². The molecule has 38 heavy (non-hydrogen) atoms. The van der Waals surface area contributed by atoms with Crippen LogP contribution in [0.25, 0.3) is 22.3 Å². The maximum absolute atomic E-state index is 2.82. The summed E-state index contributed by atoms with van der Waals surface area (Å²) in [4.78, 5) is 5.64. The summed E-state index contributed by atoms with van der Waals surface area (Å²) in [7, 11) is 0. The SMILES string of the molecule is c1cc(-c2cccc(N3C4CC5CC(C4)CC3C5)c2)cc(-c2cccc(N3C4CC5CC(C4)CC3C5)c2)c1. The number of rotatable bonds is 4. The minimum absolute atomic E-state index is 0.774. The highest BCUT2D eigenvalue weighted by Gasteiger charge is 2.48. The molecule has 0 radical (unpaired) electrons. The molecule has 0 atom stereocenters. The summed E-state index contributed by atoms with van der Waals surface area (Å²) in [5, 5.41) is 0. The highest BCUT2D eigenvalue weighted by atomic mass is 15.2. The van der Waals surface area contributed by atoms with Crippen molar-refractivity contribution in [3.8, 4) is 22.3 Å². The van der Waals surface area contributed by atoms with E-state index in [4.69, 9.17) is 0 Å². The van der Waals surface area contributed by atoms with Crippen LogP contribution in [-0.2, 0) is 0 Å². The molecule has 3 aromatic carbocycles. The first-order valence-corrected chi connectivity index (χ1v) is 15.6. The summed E-state index contributed by atoms with van der Waals surface area (Å²) >= 11 is 0. The quantitative estimate of drug-likeness (QED) is 0.354. The second-order valence-electron chi connectivity index (χ2n) is 13.9. The summed E-state index contributed by atoms with van der Waals surface area (Å²) in [5.41, 5.74) is 8.32. The van der Waals surface area contributed by atoms with Crippen LogP contribution >= 0.6 is 0 Å². The Morgan fingerprint density at radius 1 is 0.368 bits per heavy atom. The molecule has 4 saturated carbocycles. The molecule has 0 N–H and O–H groups in total. The third kappa shape index (κ3) is 3.51. The molecule has 8 aliphatic rings. The summed E-state index contributed by atoms with van der Waals surface area (Å²) in [5.74, 6) is 4.00. The lowest BCUT2D eigenvalue weighted by Crippen LogP contribution is -2.58. The van der Waals surface area contributed by atoms with E-state index in [0.717, 1.165) is 47.8 Å². The monoisotopic (exact) mass is 500 g/mol. The minimum Gasteiger partial charge on any atom is -0.366 e. The maximum atomic E-state index is 2.82. The van der Waals surface area contributed by atoms with Crippen LogP contribution in [0.5, 0.6) is 0 Å². The molecular weight excluding hydrogens is 460 g/mol. The van der Waals surface area contributed by atoms with E-state index in [1.165, 1.54) is 97.8 Å². The predicted octanol–water partition coefficient (Wildman–Crippen LogP) is 8.56. The van der Waals surface area contributed by atoms with Gasteiger partial charge in [-0.05, 0) is 140 Å². The number of nitrogens with zero attached hydrogens (tertiary/aromatic N) is 2. The van der Waals surface area contributed by atoms with Gasteiger partial charge in [0.15, 0.2) is 0 Å². The topological polar surface area (TPSA) is 6.48 Å². The van der Waals surface area contributed by atoms with E-state index in [2.05, 4.69) is 82.6 Å². The van der Waals surface area contributed by atoms with E-state index >= 15 is 0 Å². The van der Waals surface area contributed by atoms with Crippen molar-refractivity contribution in [1.82, 2.24) is 0 Å². The molecular formula is C36H40N2. The number of hydrogen-bond acceptors (Lipinski definition) is 2. The Hall–Kier alpha value is -2.74. The van der Waals surface area contributed by atoms with Crippen LogP contribution in [0, 0.1) is 23.7 Å². The van der Waals surface area contributed by atoms with Crippen LogP contribution in [-0.4, -0.2) is 24.2 Å². The molecule has 11 rings (SSSR count). The number of anilines is 2. The molecule has 194 valence electrons. The number of benzene rings is 3. The molecule has 4 saturated heterocycles. The molecule has 0 spiro atoms. The van der Waals surface area contributed by atoms with E-state index < -0.39 is 0 Å². The fraction of sp³-hybridized carbons (Fsp3) is 0.500. The maximum Gasteiger partial charge on any atom is 0.0377 e. The van der Waals surface area contributed by atoms with Crippen LogP contribution in [0.15, 0.2) is 72.8 Å². The molecule has 4 aliphatic heterocycles. The molecule has 2 nitrogen and oxygen atoms in total. The Labute approximate surface area is 228 Å². The van der Waals surface area contributed by atoms with Gasteiger partial charge in [-0.1, -0.05) is 42.5 Å². The van der Waals surface area contributed by atoms with E-state index in [0.29, 0.717) is 0 Å². The van der Waals surface area contributed by atoms with Crippen molar-refractivity contribution in [3.63, 3.8) is 0 Å². The highest BCUT2D eigenvalue weighted by molar-refractivity contribution is 5.77. The van der Waals surface area contributed by atoms with Crippen LogP contribution in [0.2, 0.25) is 0 Å². The Morgan fingerprint density at radius 3 is 1.05 bits per heavy atom. The van der Waals surface area contributed by atoms with Gasteiger partial charge >= 0.3 is 0 Å². The van der Waals surface area contributed by atoms with Crippen LogP contribution in [0.1, 0.15) is 64.2 Å². The van der Waals surface area contributed by atoms with Crippen LogP contribution < -0.4 is 9.80 Å². The zero-order valence-electron chi connectivity index (χ0n) is 22.5. The Balaban J connectivity index is 1.02. The van der Waals surface area contributed by atoms with Gasteiger partial charge in [0.1, 0.15) is 0 Å². The van der Waals surface area contributed by atoms with Gasteiger partial charge in [-0.3, -0.25) is 0 Å². The lowest BCUT2D eigenvalue weighted by Gasteiger charge is -2.57. The predicted molar refractivity (Wildman–Crippen MR) is 158 cm³/mol. The summed E-state index contributed by atoms with van der Waals surface area (Å²) in [6.45, 7) is 0. The standard InChI is InChI=1S/C36H40N2/c1-4-27(29-6-2-8-31(21-29)37-33-12-23-10-24(14-33)15-34(37)13-23)20-28(5-1)30-7-3-9-32(22-30)38-35-16-25-11-26(18-35)19-36(38)17-25/h1-9,20-26,33-36H,10-19H2. The highest BCUT2D eigenvalue weighted by Crippen LogP contribution is 2.52. The summed E-state index contributed by atoms with van der Waals surface area (Å²) in [6, 6.07) is 31.3. The van der Waals surface area contributed by atoms with E-state index in [9.17, 15) is 0 Å². The van der Waals surface area contributed by atoms with Crippen LogP contribution in [0.4, 0.5) is 11.4 Å². The second kappa shape index (κ2) is 8.38. The average Bonchev–Trinajstić information content (AvgIpc) is 2.92.